The van der Waals surface area contributed by atoms with Crippen LogP contribution in [0.1, 0.15) is 6.42 Å². The van der Waals surface area contributed by atoms with Crippen molar-refractivity contribution in [3.05, 3.63) is 23.2 Å². The Labute approximate surface area is 107 Å². The molecule has 6 heteroatoms. The second kappa shape index (κ2) is 4.66. The third kappa shape index (κ3) is 2.30. The van der Waals surface area contributed by atoms with Crippen molar-refractivity contribution in [3.8, 4) is 0 Å². The summed E-state index contributed by atoms with van der Waals surface area (Å²) in [6.07, 6.45) is 0.615. The van der Waals surface area contributed by atoms with Gasteiger partial charge in [0.15, 0.2) is 0 Å². The summed E-state index contributed by atoms with van der Waals surface area (Å²) < 4.78 is 12.2. The molecule has 2 N–H and O–H groups in total. The predicted molar refractivity (Wildman–Crippen MR) is 68.3 cm³/mol. The Morgan fingerprint density at radius 2 is 2.24 bits per heavy atom. The molecule has 1 aromatic carbocycles. The van der Waals surface area contributed by atoms with E-state index in [-0.39, 0.29) is 5.91 Å². The molecule has 1 aromatic rings. The zero-order valence-corrected chi connectivity index (χ0v) is 10.9. The molecule has 0 aliphatic carbocycles. The monoisotopic (exact) mass is 272 g/mol. The number of carbonyl (C=O) groups excluding carboxylic acids is 1. The first-order valence-electron chi connectivity index (χ1n) is 5.21. The summed E-state index contributed by atoms with van der Waals surface area (Å²) in [7, 11) is 0.358. The smallest absolute Gasteiger partial charge is 0.238 e. The van der Waals surface area contributed by atoms with Crippen molar-refractivity contribution in [1.82, 2.24) is 4.90 Å². The highest BCUT2D eigenvalue weighted by Crippen LogP contribution is 2.25. The maximum atomic E-state index is 12.2. The summed E-state index contributed by atoms with van der Waals surface area (Å²) in [6, 6.07) is 4.83. The molecular formula is C11H13ClN2O2S. The molecule has 1 amide bonds. The van der Waals surface area contributed by atoms with E-state index in [1.54, 1.807) is 30.1 Å². The summed E-state index contributed by atoms with van der Waals surface area (Å²) in [5.74, 6) is -0.0729. The van der Waals surface area contributed by atoms with E-state index in [1.165, 1.54) is 0 Å². The highest BCUT2D eigenvalue weighted by molar-refractivity contribution is 7.86. The van der Waals surface area contributed by atoms with Crippen molar-refractivity contribution in [3.63, 3.8) is 0 Å². The van der Waals surface area contributed by atoms with Crippen molar-refractivity contribution < 1.29 is 9.00 Å². The molecular weight excluding hydrogens is 260 g/mol. The fraction of sp³-hybridized carbons (Fsp3) is 0.364. The summed E-state index contributed by atoms with van der Waals surface area (Å²) in [4.78, 5) is 13.9. The summed E-state index contributed by atoms with van der Waals surface area (Å²) in [5.41, 5.74) is 6.03. The van der Waals surface area contributed by atoms with E-state index in [9.17, 15) is 9.00 Å². The molecule has 2 unspecified atom stereocenters. The topological polar surface area (TPSA) is 63.4 Å². The van der Waals surface area contributed by atoms with E-state index in [2.05, 4.69) is 0 Å². The lowest BCUT2D eigenvalue weighted by atomic mass is 10.3. The van der Waals surface area contributed by atoms with Crippen molar-refractivity contribution in [2.24, 2.45) is 0 Å². The van der Waals surface area contributed by atoms with Gasteiger partial charge in [0.25, 0.3) is 0 Å². The first-order chi connectivity index (χ1) is 8.00. The van der Waals surface area contributed by atoms with Crippen molar-refractivity contribution >= 4 is 34.0 Å². The van der Waals surface area contributed by atoms with Crippen LogP contribution in [0.4, 0.5) is 5.69 Å². The van der Waals surface area contributed by atoms with Gasteiger partial charge >= 0.3 is 0 Å². The minimum atomic E-state index is -1.36. The maximum absolute atomic E-state index is 12.2. The van der Waals surface area contributed by atoms with Crippen LogP contribution in [-0.4, -0.2) is 33.9 Å². The Hall–Kier alpha value is -1.07. The third-order valence-corrected chi connectivity index (χ3v) is 4.84. The van der Waals surface area contributed by atoms with Crippen LogP contribution in [0, 0.1) is 0 Å². The van der Waals surface area contributed by atoms with E-state index in [4.69, 9.17) is 17.3 Å². The van der Waals surface area contributed by atoms with Crippen LogP contribution in [0.2, 0.25) is 5.02 Å². The van der Waals surface area contributed by atoms with Crippen LogP contribution in [-0.2, 0) is 15.6 Å². The lowest BCUT2D eigenvalue weighted by Gasteiger charge is -2.10. The standard InChI is InChI=1S/C11H13ClN2O2S/c1-14-5-4-10(11(14)15)17(16)7-2-3-9(13)8(12)6-7/h2-3,6,10H,4-5,13H2,1H3. The lowest BCUT2D eigenvalue weighted by molar-refractivity contribution is -0.126. The van der Waals surface area contributed by atoms with E-state index < -0.39 is 16.0 Å². The van der Waals surface area contributed by atoms with Gasteiger partial charge in [-0.05, 0) is 24.6 Å². The van der Waals surface area contributed by atoms with E-state index in [1.807, 2.05) is 0 Å². The second-order valence-corrected chi connectivity index (χ2v) is 6.06. The molecule has 92 valence electrons. The number of anilines is 1. The number of nitrogens with zero attached hydrogens (tertiary/aromatic N) is 1. The molecule has 1 aliphatic heterocycles. The summed E-state index contributed by atoms with van der Waals surface area (Å²) >= 11 is 5.87. The number of carbonyl (C=O) groups is 1. The number of nitrogen functional groups attached to an aromatic ring is 1. The minimum absolute atomic E-state index is 0.0729. The first-order valence-corrected chi connectivity index (χ1v) is 6.80. The quantitative estimate of drug-likeness (QED) is 0.825. The normalized spacial score (nSPS) is 21.9. The number of rotatable bonds is 2. The Kier molecular flexibility index (Phi) is 3.40. The second-order valence-electron chi connectivity index (χ2n) is 4.02. The Balaban J connectivity index is 2.26. The molecule has 0 bridgehead atoms. The number of nitrogens with two attached hydrogens (primary N) is 1. The molecule has 4 nitrogen and oxygen atoms in total. The molecule has 1 fully saturated rings. The van der Waals surface area contributed by atoms with Gasteiger partial charge in [-0.3, -0.25) is 9.00 Å². The lowest BCUT2D eigenvalue weighted by Crippen LogP contribution is -2.28. The molecule has 0 saturated carbocycles. The molecule has 0 radical (unpaired) electrons. The van der Waals surface area contributed by atoms with Crippen LogP contribution in [0.25, 0.3) is 0 Å². The van der Waals surface area contributed by atoms with E-state index in [0.29, 0.717) is 28.6 Å². The maximum Gasteiger partial charge on any atom is 0.238 e. The Morgan fingerprint density at radius 1 is 1.53 bits per heavy atom. The van der Waals surface area contributed by atoms with Gasteiger partial charge in [0.1, 0.15) is 5.25 Å². The molecule has 1 aliphatic rings. The number of halogens is 1. The van der Waals surface area contributed by atoms with Gasteiger partial charge in [-0.1, -0.05) is 11.6 Å². The molecule has 2 atom stereocenters. The number of benzene rings is 1. The summed E-state index contributed by atoms with van der Waals surface area (Å²) in [5, 5.41) is -0.0886. The van der Waals surface area contributed by atoms with E-state index >= 15 is 0 Å². The number of hydrogen-bond donors (Lipinski definition) is 1. The molecule has 2 rings (SSSR count). The molecule has 0 spiro atoms. The number of likely N-dealkylation sites (tertiary alicyclic amines) is 1. The van der Waals surface area contributed by atoms with Crippen LogP contribution in [0.5, 0.6) is 0 Å². The average Bonchev–Trinajstić information content (AvgIpc) is 2.63. The largest absolute Gasteiger partial charge is 0.398 e. The predicted octanol–water partition coefficient (Wildman–Crippen LogP) is 1.26. The van der Waals surface area contributed by atoms with Gasteiger partial charge in [0.2, 0.25) is 5.91 Å². The highest BCUT2D eigenvalue weighted by atomic mass is 35.5. The average molecular weight is 273 g/mol. The Bertz CT molecular complexity index is 492. The number of hydrogen-bond acceptors (Lipinski definition) is 3. The Morgan fingerprint density at radius 3 is 2.76 bits per heavy atom. The van der Waals surface area contributed by atoms with Crippen LogP contribution < -0.4 is 5.73 Å². The molecule has 1 saturated heterocycles. The first kappa shape index (κ1) is 12.4. The number of amides is 1. The third-order valence-electron chi connectivity index (χ3n) is 2.84. The SMILES string of the molecule is CN1CCC(S(=O)c2ccc(N)c(Cl)c2)C1=O. The van der Waals surface area contributed by atoms with Crippen molar-refractivity contribution in [1.29, 1.82) is 0 Å². The zero-order valence-electron chi connectivity index (χ0n) is 9.35. The van der Waals surface area contributed by atoms with Crippen molar-refractivity contribution in [2.45, 2.75) is 16.6 Å². The molecule has 17 heavy (non-hydrogen) atoms. The fourth-order valence-electron chi connectivity index (χ4n) is 1.79. The van der Waals surface area contributed by atoms with E-state index in [0.717, 1.165) is 0 Å². The zero-order chi connectivity index (χ0) is 12.6. The van der Waals surface area contributed by atoms with Gasteiger partial charge in [0.05, 0.1) is 21.5 Å². The van der Waals surface area contributed by atoms with Gasteiger partial charge in [-0.2, -0.15) is 0 Å². The molecule has 1 heterocycles. The highest BCUT2D eigenvalue weighted by Gasteiger charge is 2.34. The minimum Gasteiger partial charge on any atom is -0.398 e. The van der Waals surface area contributed by atoms with Crippen LogP contribution >= 0.6 is 11.6 Å². The van der Waals surface area contributed by atoms with Crippen LogP contribution in [0.15, 0.2) is 23.1 Å². The van der Waals surface area contributed by atoms with Crippen LogP contribution in [0.3, 0.4) is 0 Å². The van der Waals surface area contributed by atoms with Gasteiger partial charge in [-0.25, -0.2) is 0 Å². The van der Waals surface area contributed by atoms with Gasteiger partial charge in [-0.15, -0.1) is 0 Å². The fourth-order valence-corrected chi connectivity index (χ4v) is 3.48. The summed E-state index contributed by atoms with van der Waals surface area (Å²) in [6.45, 7) is 0.651. The van der Waals surface area contributed by atoms with Crippen molar-refractivity contribution in [2.75, 3.05) is 19.3 Å². The van der Waals surface area contributed by atoms with Gasteiger partial charge in [0, 0.05) is 18.5 Å². The van der Waals surface area contributed by atoms with Gasteiger partial charge < -0.3 is 10.6 Å². The molecule has 0 aromatic heterocycles.